The molecule has 0 aliphatic carbocycles. The molecule has 6 nitrogen and oxygen atoms in total. The first-order valence-electron chi connectivity index (χ1n) is 7.01. The summed E-state index contributed by atoms with van der Waals surface area (Å²) in [6, 6.07) is 14.8. The van der Waals surface area contributed by atoms with E-state index in [1.54, 1.807) is 12.1 Å². The second-order valence-corrected chi connectivity index (χ2v) is 8.64. The third-order valence-electron chi connectivity index (χ3n) is 3.24. The molecule has 3 rings (SSSR count). The minimum absolute atomic E-state index is 0.0689. The van der Waals surface area contributed by atoms with Crippen LogP contribution < -0.4 is 4.74 Å². The summed E-state index contributed by atoms with van der Waals surface area (Å²) in [7, 11) is -7.44. The van der Waals surface area contributed by atoms with E-state index in [1.807, 2.05) is 18.2 Å². The summed E-state index contributed by atoms with van der Waals surface area (Å²) < 4.78 is 57.5. The average Bonchev–Trinajstić information content (AvgIpc) is 2.87. The van der Waals surface area contributed by atoms with Crippen molar-refractivity contribution in [3.05, 3.63) is 66.1 Å². The summed E-state index contributed by atoms with van der Waals surface area (Å²) in [5.41, 5.74) is 0. The Morgan fingerprint density at radius 1 is 0.917 bits per heavy atom. The highest BCUT2D eigenvalue weighted by Crippen LogP contribution is 2.24. The molecule has 1 heterocycles. The minimum Gasteiger partial charge on any atom is -0.457 e. The van der Waals surface area contributed by atoms with Gasteiger partial charge in [0, 0.05) is 5.41 Å². The van der Waals surface area contributed by atoms with Crippen LogP contribution in [-0.2, 0) is 24.1 Å². The van der Waals surface area contributed by atoms with Crippen molar-refractivity contribution >= 4 is 20.0 Å². The number of rotatable bonds is 5. The van der Waals surface area contributed by atoms with Crippen LogP contribution in [0.2, 0.25) is 0 Å². The van der Waals surface area contributed by atoms with E-state index >= 15 is 0 Å². The van der Waals surface area contributed by atoms with E-state index in [1.165, 1.54) is 30.3 Å². The molecule has 8 heteroatoms. The van der Waals surface area contributed by atoms with Gasteiger partial charge in [-0.25, -0.2) is 8.42 Å². The molecule has 0 saturated heterocycles. The largest absolute Gasteiger partial charge is 0.457 e. The molecular weight excluding hydrogens is 352 g/mol. The van der Waals surface area contributed by atoms with Gasteiger partial charge in [-0.1, -0.05) is 18.2 Å². The predicted molar refractivity (Wildman–Crippen MR) is 87.9 cm³/mol. The molecule has 2 aromatic carbocycles. The van der Waals surface area contributed by atoms with Gasteiger partial charge in [-0.05, 0) is 42.5 Å². The fourth-order valence-electron chi connectivity index (χ4n) is 2.12. The van der Waals surface area contributed by atoms with Crippen LogP contribution in [0.1, 0.15) is 0 Å². The van der Waals surface area contributed by atoms with Gasteiger partial charge in [-0.15, -0.1) is 0 Å². The van der Waals surface area contributed by atoms with E-state index in [0.29, 0.717) is 11.5 Å². The molecule has 0 aromatic heterocycles. The fourth-order valence-corrected chi connectivity index (χ4v) is 4.41. The zero-order valence-electron chi connectivity index (χ0n) is 12.4. The van der Waals surface area contributed by atoms with Crippen molar-refractivity contribution in [1.82, 2.24) is 0 Å². The molecule has 0 spiro atoms. The van der Waals surface area contributed by atoms with E-state index in [-0.39, 0.29) is 10.6 Å². The lowest BCUT2D eigenvalue weighted by Crippen LogP contribution is -2.20. The molecule has 0 bridgehead atoms. The summed E-state index contributed by atoms with van der Waals surface area (Å²) in [6.07, 6.45) is 0.222. The van der Waals surface area contributed by atoms with Crippen molar-refractivity contribution in [3.63, 3.8) is 0 Å². The molecule has 1 atom stereocenters. The van der Waals surface area contributed by atoms with Crippen molar-refractivity contribution in [2.75, 3.05) is 5.75 Å². The van der Waals surface area contributed by atoms with Crippen LogP contribution in [0.4, 0.5) is 0 Å². The first kappa shape index (κ1) is 16.7. The van der Waals surface area contributed by atoms with Crippen molar-refractivity contribution in [2.45, 2.75) is 11.0 Å². The number of ether oxygens (including phenoxy) is 1. The highest BCUT2D eigenvalue weighted by Gasteiger charge is 2.28. The summed E-state index contributed by atoms with van der Waals surface area (Å²) in [5.74, 6) is 0.732. The molecule has 2 aromatic rings. The Morgan fingerprint density at radius 3 is 2.12 bits per heavy atom. The number of sulfone groups is 1. The molecule has 126 valence electrons. The van der Waals surface area contributed by atoms with Crippen LogP contribution in [0.25, 0.3) is 0 Å². The Balaban J connectivity index is 1.71. The fraction of sp³-hybridized carbons (Fsp3) is 0.125. The van der Waals surface area contributed by atoms with E-state index in [0.717, 1.165) is 5.41 Å². The van der Waals surface area contributed by atoms with Gasteiger partial charge in [-0.3, -0.25) is 4.18 Å². The number of benzene rings is 2. The molecule has 0 radical (unpaired) electrons. The Hall–Kier alpha value is -2.16. The van der Waals surface area contributed by atoms with E-state index in [4.69, 9.17) is 8.92 Å². The summed E-state index contributed by atoms with van der Waals surface area (Å²) in [6.45, 7) is 0. The number of hydrogen-bond acceptors (Lipinski definition) is 6. The standard InChI is InChI=1S/C16H14O6S2/c17-23(18)11-10-15(12-23)22-24(19,20)16-8-6-14(7-9-16)21-13-4-2-1-3-5-13/h1-11,15H,12H2/t15-/m1/s1. The molecule has 0 amide bonds. The Labute approximate surface area is 140 Å². The Kier molecular flexibility index (Phi) is 4.44. The molecule has 1 aliphatic heterocycles. The molecule has 1 aliphatic rings. The van der Waals surface area contributed by atoms with Crippen LogP contribution in [0.15, 0.2) is 71.0 Å². The maximum absolute atomic E-state index is 12.2. The molecular formula is C16H14O6S2. The van der Waals surface area contributed by atoms with Gasteiger partial charge in [-0.2, -0.15) is 8.42 Å². The van der Waals surface area contributed by atoms with Crippen LogP contribution in [-0.4, -0.2) is 28.7 Å². The van der Waals surface area contributed by atoms with Gasteiger partial charge in [0.15, 0.2) is 9.84 Å². The average molecular weight is 366 g/mol. The second-order valence-electron chi connectivity index (χ2n) is 5.13. The molecule has 0 saturated carbocycles. The quantitative estimate of drug-likeness (QED) is 0.756. The molecule has 0 unspecified atom stereocenters. The van der Waals surface area contributed by atoms with Crippen LogP contribution in [0, 0.1) is 0 Å². The summed E-state index contributed by atoms with van der Waals surface area (Å²) in [5, 5.41) is 0.962. The van der Waals surface area contributed by atoms with E-state index in [2.05, 4.69) is 0 Å². The molecule has 0 N–H and O–H groups in total. The molecule has 24 heavy (non-hydrogen) atoms. The van der Waals surface area contributed by atoms with Gasteiger partial charge < -0.3 is 4.74 Å². The van der Waals surface area contributed by atoms with E-state index < -0.39 is 26.1 Å². The summed E-state index contributed by atoms with van der Waals surface area (Å²) >= 11 is 0. The highest BCUT2D eigenvalue weighted by molar-refractivity contribution is 7.94. The predicted octanol–water partition coefficient (Wildman–Crippen LogP) is 2.49. The third-order valence-corrected chi connectivity index (χ3v) is 5.95. The lowest BCUT2D eigenvalue weighted by Gasteiger charge is -2.10. The Bertz CT molecular complexity index is 945. The van der Waals surface area contributed by atoms with Gasteiger partial charge in [0.1, 0.15) is 17.6 Å². The van der Waals surface area contributed by atoms with Crippen LogP contribution in [0.3, 0.4) is 0 Å². The first-order valence-corrected chi connectivity index (χ1v) is 10.1. The minimum atomic E-state index is -4.05. The van der Waals surface area contributed by atoms with Crippen LogP contribution >= 0.6 is 0 Å². The van der Waals surface area contributed by atoms with Crippen molar-refractivity contribution in [1.29, 1.82) is 0 Å². The Morgan fingerprint density at radius 2 is 1.54 bits per heavy atom. The maximum Gasteiger partial charge on any atom is 0.297 e. The number of para-hydroxylation sites is 1. The number of hydrogen-bond donors (Lipinski definition) is 0. The van der Waals surface area contributed by atoms with Crippen molar-refractivity contribution in [3.8, 4) is 11.5 Å². The van der Waals surface area contributed by atoms with Crippen molar-refractivity contribution < 1.29 is 25.8 Å². The zero-order valence-corrected chi connectivity index (χ0v) is 14.0. The van der Waals surface area contributed by atoms with E-state index in [9.17, 15) is 16.8 Å². The first-order chi connectivity index (χ1) is 11.3. The van der Waals surface area contributed by atoms with Crippen LogP contribution in [0.5, 0.6) is 11.5 Å². The van der Waals surface area contributed by atoms with Crippen molar-refractivity contribution in [2.24, 2.45) is 0 Å². The zero-order chi connectivity index (χ0) is 17.2. The second kappa shape index (κ2) is 6.39. The van der Waals surface area contributed by atoms with Gasteiger partial charge in [0.2, 0.25) is 0 Å². The smallest absolute Gasteiger partial charge is 0.297 e. The monoisotopic (exact) mass is 366 g/mol. The normalized spacial score (nSPS) is 19.2. The lowest BCUT2D eigenvalue weighted by atomic mass is 10.3. The third kappa shape index (κ3) is 4.02. The highest BCUT2D eigenvalue weighted by atomic mass is 32.2. The molecule has 0 fully saturated rings. The maximum atomic E-state index is 12.2. The van der Waals surface area contributed by atoms with Gasteiger partial charge >= 0.3 is 0 Å². The van der Waals surface area contributed by atoms with Gasteiger partial charge in [0.25, 0.3) is 10.1 Å². The topological polar surface area (TPSA) is 86.7 Å². The lowest BCUT2D eigenvalue weighted by molar-refractivity contribution is 0.279. The van der Waals surface area contributed by atoms with Gasteiger partial charge in [0.05, 0.1) is 10.6 Å². The SMILES string of the molecule is O=S1(=O)C=C[C@@H](OS(=O)(=O)c2ccc(Oc3ccccc3)cc2)C1. The summed E-state index contributed by atoms with van der Waals surface area (Å²) in [4.78, 5) is -0.0689.